The Balaban J connectivity index is 4.53. The van der Waals surface area contributed by atoms with Crippen LogP contribution in [0.15, 0.2) is 24.3 Å². The van der Waals surface area contributed by atoms with Crippen molar-refractivity contribution in [1.82, 2.24) is 0 Å². The van der Waals surface area contributed by atoms with Crippen molar-refractivity contribution in [3.63, 3.8) is 0 Å². The van der Waals surface area contributed by atoms with Gasteiger partial charge in [-0.2, -0.15) is 0 Å². The second-order valence-corrected chi connectivity index (χ2v) is 15.4. The molecule has 48 heavy (non-hydrogen) atoms. The SMILES string of the molecule is CCCCCCCC/C=C/C/C=C/CCC(=O)OC(COC(=O)CCCCCCCCCCCCC)COP(=O)([O-])OCC[N+](C)(C)C. The Labute approximate surface area is 294 Å². The van der Waals surface area contributed by atoms with Gasteiger partial charge in [-0.3, -0.25) is 14.2 Å². The topological polar surface area (TPSA) is 111 Å². The summed E-state index contributed by atoms with van der Waals surface area (Å²) < 4.78 is 33.6. The molecule has 2 atom stereocenters. The first-order valence-corrected chi connectivity index (χ1v) is 20.5. The largest absolute Gasteiger partial charge is 0.756 e. The van der Waals surface area contributed by atoms with Crippen LogP contribution in [0.2, 0.25) is 0 Å². The molecule has 0 radical (unpaired) electrons. The number of allylic oxidation sites excluding steroid dienone is 4. The number of carbonyl (C=O) groups excluding carboxylic acids is 2. The average molecular weight is 702 g/mol. The number of phosphoric acid groups is 1. The Morgan fingerprint density at radius 1 is 0.646 bits per heavy atom. The zero-order valence-corrected chi connectivity index (χ0v) is 32.3. The number of ether oxygens (including phenoxy) is 2. The molecule has 2 unspecified atom stereocenters. The zero-order valence-electron chi connectivity index (χ0n) is 31.4. The van der Waals surface area contributed by atoms with Gasteiger partial charge in [-0.1, -0.05) is 134 Å². The van der Waals surface area contributed by atoms with Crippen molar-refractivity contribution in [3.8, 4) is 0 Å². The molecular formula is C38H72NO8P. The van der Waals surface area contributed by atoms with E-state index in [1.807, 2.05) is 33.3 Å². The predicted octanol–water partition coefficient (Wildman–Crippen LogP) is 9.38. The summed E-state index contributed by atoms with van der Waals surface area (Å²) in [5.74, 6) is -0.913. The molecule has 0 fully saturated rings. The fourth-order valence-corrected chi connectivity index (χ4v) is 5.67. The fourth-order valence-electron chi connectivity index (χ4n) is 4.94. The maximum absolute atomic E-state index is 12.5. The highest BCUT2D eigenvalue weighted by molar-refractivity contribution is 7.45. The fraction of sp³-hybridized carbons (Fsp3) is 0.842. The third kappa shape index (κ3) is 34.4. The van der Waals surface area contributed by atoms with Crippen LogP contribution in [0.25, 0.3) is 0 Å². The third-order valence-electron chi connectivity index (χ3n) is 7.99. The monoisotopic (exact) mass is 701 g/mol. The lowest BCUT2D eigenvalue weighted by Gasteiger charge is -2.28. The molecule has 0 saturated carbocycles. The highest BCUT2D eigenvalue weighted by Crippen LogP contribution is 2.38. The standard InChI is InChI=1S/C38H72NO8P/c1-6-8-10-12-14-16-18-19-21-23-25-27-29-31-38(41)47-36(35-46-48(42,43)45-33-32-39(3,4)5)34-44-37(40)30-28-26-24-22-20-17-15-13-11-9-7-2/h19,21,25,27,36H,6-18,20,22-24,26,28-35H2,1-5H3/b21-19+,27-25+. The van der Waals surface area contributed by atoms with Crippen molar-refractivity contribution in [1.29, 1.82) is 0 Å². The van der Waals surface area contributed by atoms with Gasteiger partial charge < -0.3 is 27.9 Å². The minimum atomic E-state index is -4.62. The predicted molar refractivity (Wildman–Crippen MR) is 194 cm³/mol. The van der Waals surface area contributed by atoms with Crippen LogP contribution in [0.3, 0.4) is 0 Å². The van der Waals surface area contributed by atoms with E-state index in [9.17, 15) is 19.0 Å². The van der Waals surface area contributed by atoms with Gasteiger partial charge in [0.2, 0.25) is 0 Å². The Morgan fingerprint density at radius 3 is 1.73 bits per heavy atom. The summed E-state index contributed by atoms with van der Waals surface area (Å²) >= 11 is 0. The molecule has 0 spiro atoms. The number of esters is 2. The van der Waals surface area contributed by atoms with E-state index in [1.54, 1.807) is 0 Å². The number of phosphoric ester groups is 1. The maximum atomic E-state index is 12.5. The number of hydrogen-bond acceptors (Lipinski definition) is 8. The van der Waals surface area contributed by atoms with Crippen molar-refractivity contribution < 1.29 is 42.1 Å². The number of unbranched alkanes of at least 4 members (excludes halogenated alkanes) is 16. The van der Waals surface area contributed by atoms with E-state index < -0.39 is 32.5 Å². The van der Waals surface area contributed by atoms with E-state index in [1.165, 1.54) is 89.9 Å². The molecule has 282 valence electrons. The van der Waals surface area contributed by atoms with Crippen LogP contribution in [0.4, 0.5) is 0 Å². The van der Waals surface area contributed by atoms with Crippen molar-refractivity contribution in [3.05, 3.63) is 24.3 Å². The van der Waals surface area contributed by atoms with Gasteiger partial charge >= 0.3 is 11.9 Å². The van der Waals surface area contributed by atoms with E-state index in [4.69, 9.17) is 18.5 Å². The van der Waals surface area contributed by atoms with Gasteiger partial charge in [-0.15, -0.1) is 0 Å². The van der Waals surface area contributed by atoms with E-state index in [2.05, 4.69) is 26.0 Å². The number of rotatable bonds is 34. The number of hydrogen-bond donors (Lipinski definition) is 0. The van der Waals surface area contributed by atoms with Crippen LogP contribution < -0.4 is 4.89 Å². The van der Waals surface area contributed by atoms with Gasteiger partial charge in [0.15, 0.2) is 6.10 Å². The zero-order chi connectivity index (χ0) is 35.8. The van der Waals surface area contributed by atoms with Crippen LogP contribution in [0.5, 0.6) is 0 Å². The molecule has 10 heteroatoms. The maximum Gasteiger partial charge on any atom is 0.306 e. The van der Waals surface area contributed by atoms with Crippen LogP contribution in [-0.4, -0.2) is 70.0 Å². The first-order chi connectivity index (χ1) is 23.0. The van der Waals surface area contributed by atoms with E-state index in [0.29, 0.717) is 17.4 Å². The van der Waals surface area contributed by atoms with Crippen molar-refractivity contribution in [2.45, 2.75) is 161 Å². The van der Waals surface area contributed by atoms with Gasteiger partial charge in [0.1, 0.15) is 19.8 Å². The summed E-state index contributed by atoms with van der Waals surface area (Å²) in [7, 11) is 1.14. The molecule has 0 bridgehead atoms. The second kappa shape index (κ2) is 31.5. The molecule has 0 aromatic rings. The molecule has 0 aliphatic carbocycles. The lowest BCUT2D eigenvalue weighted by atomic mass is 10.1. The van der Waals surface area contributed by atoms with Crippen molar-refractivity contribution in [2.24, 2.45) is 0 Å². The number of carbonyl (C=O) groups is 2. The normalized spacial score (nSPS) is 14.0. The van der Waals surface area contributed by atoms with E-state index in [-0.39, 0.29) is 26.1 Å². The molecule has 0 aromatic heterocycles. The summed E-state index contributed by atoms with van der Waals surface area (Å²) in [5.41, 5.74) is 0. The summed E-state index contributed by atoms with van der Waals surface area (Å²) in [6.45, 7) is 4.13. The summed E-state index contributed by atoms with van der Waals surface area (Å²) in [6.07, 6.45) is 30.8. The minimum Gasteiger partial charge on any atom is -0.756 e. The van der Waals surface area contributed by atoms with Gasteiger partial charge in [-0.25, -0.2) is 0 Å². The molecule has 0 amide bonds. The van der Waals surface area contributed by atoms with Gasteiger partial charge in [0.25, 0.3) is 7.82 Å². The molecular weight excluding hydrogens is 629 g/mol. The summed E-state index contributed by atoms with van der Waals surface area (Å²) in [4.78, 5) is 37.2. The number of quaternary nitrogens is 1. The molecule has 0 rings (SSSR count). The van der Waals surface area contributed by atoms with Crippen molar-refractivity contribution in [2.75, 3.05) is 47.5 Å². The summed E-state index contributed by atoms with van der Waals surface area (Å²) in [6, 6.07) is 0. The molecule has 0 saturated heterocycles. The Morgan fingerprint density at radius 2 is 1.17 bits per heavy atom. The van der Waals surface area contributed by atoms with Crippen LogP contribution in [0, 0.1) is 0 Å². The number of nitrogens with zero attached hydrogens (tertiary/aromatic N) is 1. The van der Waals surface area contributed by atoms with Crippen LogP contribution in [0.1, 0.15) is 155 Å². The lowest BCUT2D eigenvalue weighted by Crippen LogP contribution is -2.37. The molecule has 0 aromatic carbocycles. The molecule has 0 aliphatic heterocycles. The second-order valence-electron chi connectivity index (χ2n) is 13.9. The van der Waals surface area contributed by atoms with Gasteiger partial charge in [-0.05, 0) is 32.1 Å². The van der Waals surface area contributed by atoms with Crippen LogP contribution in [-0.2, 0) is 32.7 Å². The minimum absolute atomic E-state index is 0.0384. The summed E-state index contributed by atoms with van der Waals surface area (Å²) in [5, 5.41) is 0. The first kappa shape index (κ1) is 46.5. The first-order valence-electron chi connectivity index (χ1n) is 19.0. The molecule has 0 heterocycles. The third-order valence-corrected chi connectivity index (χ3v) is 8.95. The van der Waals surface area contributed by atoms with Crippen LogP contribution >= 0.6 is 7.82 Å². The lowest BCUT2D eigenvalue weighted by molar-refractivity contribution is -0.870. The smallest absolute Gasteiger partial charge is 0.306 e. The number of likely N-dealkylation sites (N-methyl/N-ethyl adjacent to an activating group) is 1. The quantitative estimate of drug-likeness (QED) is 0.0215. The Kier molecular flexibility index (Phi) is 30.5. The highest BCUT2D eigenvalue weighted by atomic mass is 31.2. The van der Waals surface area contributed by atoms with E-state index in [0.717, 1.165) is 32.1 Å². The molecule has 9 nitrogen and oxygen atoms in total. The Bertz CT molecular complexity index is 886. The van der Waals surface area contributed by atoms with Gasteiger partial charge in [0.05, 0.1) is 27.7 Å². The Hall–Kier alpha value is -1.51. The van der Waals surface area contributed by atoms with E-state index >= 15 is 0 Å². The van der Waals surface area contributed by atoms with Gasteiger partial charge in [0, 0.05) is 12.8 Å². The van der Waals surface area contributed by atoms with Crippen molar-refractivity contribution >= 4 is 19.8 Å². The highest BCUT2D eigenvalue weighted by Gasteiger charge is 2.21. The molecule has 0 N–H and O–H groups in total. The average Bonchev–Trinajstić information content (AvgIpc) is 3.02. The molecule has 0 aliphatic rings.